The van der Waals surface area contributed by atoms with E-state index in [1.54, 1.807) is 6.07 Å². The van der Waals surface area contributed by atoms with E-state index in [1.807, 2.05) is 30.3 Å². The van der Waals surface area contributed by atoms with Gasteiger partial charge in [-0.05, 0) is 55.3 Å². The molecular formula is C23H21Cl2N3O3. The number of hydrogen-bond acceptors (Lipinski definition) is 4. The number of carbonyl (C=O) groups is 2. The molecule has 1 aliphatic heterocycles. The monoisotopic (exact) mass is 457 g/mol. The van der Waals surface area contributed by atoms with E-state index in [-0.39, 0.29) is 28.1 Å². The number of halogens is 2. The molecule has 4 rings (SSSR count). The van der Waals surface area contributed by atoms with Gasteiger partial charge in [-0.2, -0.15) is 0 Å². The summed E-state index contributed by atoms with van der Waals surface area (Å²) in [4.78, 5) is 29.1. The number of rotatable bonds is 6. The highest BCUT2D eigenvalue weighted by molar-refractivity contribution is 6.39. The van der Waals surface area contributed by atoms with Crippen LogP contribution < -0.4 is 10.6 Å². The molecule has 1 aromatic heterocycles. The van der Waals surface area contributed by atoms with Crippen LogP contribution in [0.1, 0.15) is 40.5 Å². The fourth-order valence-corrected chi connectivity index (χ4v) is 4.40. The van der Waals surface area contributed by atoms with Crippen LogP contribution in [0.15, 0.2) is 48.5 Å². The molecule has 1 aliphatic rings. The first-order valence-corrected chi connectivity index (χ1v) is 10.8. The quantitative estimate of drug-likeness (QED) is 0.510. The van der Waals surface area contributed by atoms with Crippen LogP contribution in [0.4, 0.5) is 0 Å². The van der Waals surface area contributed by atoms with Gasteiger partial charge in [-0.25, -0.2) is 4.79 Å². The number of nitrogens with zero attached hydrogens (tertiary/aromatic N) is 1. The fourth-order valence-electron chi connectivity index (χ4n) is 3.83. The van der Waals surface area contributed by atoms with Crippen LogP contribution in [0.2, 0.25) is 10.0 Å². The Morgan fingerprint density at radius 2 is 1.94 bits per heavy atom. The lowest BCUT2D eigenvalue weighted by Crippen LogP contribution is -2.42. The van der Waals surface area contributed by atoms with Gasteiger partial charge in [0.15, 0.2) is 0 Å². The highest BCUT2D eigenvalue weighted by Gasteiger charge is 2.24. The maximum Gasteiger partial charge on any atom is 0.326 e. The molecule has 1 amide bonds. The molecule has 31 heavy (non-hydrogen) atoms. The number of fused-ring (bicyclic) bond motifs is 1. The summed E-state index contributed by atoms with van der Waals surface area (Å²) in [5.41, 5.74) is 2.71. The highest BCUT2D eigenvalue weighted by atomic mass is 35.5. The SMILES string of the molecule is O=C(NC(Cc1ccc2nc(C3CCCN3)ccc2c1)C(=O)O)c1c(Cl)cccc1Cl. The lowest BCUT2D eigenvalue weighted by atomic mass is 10.0. The molecule has 6 nitrogen and oxygen atoms in total. The topological polar surface area (TPSA) is 91.3 Å². The molecule has 1 saturated heterocycles. The maximum absolute atomic E-state index is 12.6. The van der Waals surface area contributed by atoms with Crippen LogP contribution in [-0.2, 0) is 11.2 Å². The van der Waals surface area contributed by atoms with Gasteiger partial charge < -0.3 is 15.7 Å². The van der Waals surface area contributed by atoms with Gasteiger partial charge in [0, 0.05) is 17.8 Å². The first-order valence-electron chi connectivity index (χ1n) is 10.0. The van der Waals surface area contributed by atoms with Crippen LogP contribution in [0.5, 0.6) is 0 Å². The summed E-state index contributed by atoms with van der Waals surface area (Å²) in [5.74, 6) is -1.77. The largest absolute Gasteiger partial charge is 0.480 e. The molecule has 160 valence electrons. The number of carbonyl (C=O) groups excluding carboxylic acids is 1. The van der Waals surface area contributed by atoms with E-state index in [2.05, 4.69) is 10.6 Å². The molecule has 3 N–H and O–H groups in total. The molecule has 2 aromatic carbocycles. The van der Waals surface area contributed by atoms with E-state index in [9.17, 15) is 14.7 Å². The first kappa shape index (κ1) is 21.6. The van der Waals surface area contributed by atoms with Gasteiger partial charge in [0.1, 0.15) is 6.04 Å². The molecule has 1 fully saturated rings. The van der Waals surface area contributed by atoms with E-state index < -0.39 is 17.9 Å². The highest BCUT2D eigenvalue weighted by Crippen LogP contribution is 2.26. The number of aromatic nitrogens is 1. The second-order valence-electron chi connectivity index (χ2n) is 7.58. The van der Waals surface area contributed by atoms with Crippen LogP contribution in [0, 0.1) is 0 Å². The Labute approximate surface area is 189 Å². The Kier molecular flexibility index (Phi) is 6.41. The molecule has 3 aromatic rings. The van der Waals surface area contributed by atoms with Gasteiger partial charge in [-0.15, -0.1) is 0 Å². The number of aliphatic carboxylic acids is 1. The van der Waals surface area contributed by atoms with Crippen molar-refractivity contribution in [3.63, 3.8) is 0 Å². The van der Waals surface area contributed by atoms with Crippen LogP contribution in [0.3, 0.4) is 0 Å². The standard InChI is InChI=1S/C23H21Cl2N3O3/c24-15-3-1-4-16(25)21(15)22(29)28-20(23(30)31)12-13-6-8-17-14(11-13)7-9-19(27-17)18-5-2-10-26-18/h1,3-4,6-9,11,18,20,26H,2,5,10,12H2,(H,28,29)(H,30,31). The van der Waals surface area contributed by atoms with E-state index in [4.69, 9.17) is 28.2 Å². The lowest BCUT2D eigenvalue weighted by molar-refractivity contribution is -0.139. The molecule has 0 radical (unpaired) electrons. The Balaban J connectivity index is 1.53. The zero-order valence-electron chi connectivity index (χ0n) is 16.6. The predicted octanol–water partition coefficient (Wildman–Crippen LogP) is 4.39. The Morgan fingerprint density at radius 1 is 1.16 bits per heavy atom. The number of amides is 1. The summed E-state index contributed by atoms with van der Waals surface area (Å²) in [6, 6.07) is 13.5. The lowest BCUT2D eigenvalue weighted by Gasteiger charge is -2.16. The van der Waals surface area contributed by atoms with Crippen LogP contribution >= 0.6 is 23.2 Å². The second-order valence-corrected chi connectivity index (χ2v) is 8.39. The Bertz CT molecular complexity index is 1130. The van der Waals surface area contributed by atoms with Gasteiger partial charge >= 0.3 is 5.97 Å². The number of carboxylic acid groups (broad SMARTS) is 1. The summed E-state index contributed by atoms with van der Waals surface area (Å²) < 4.78 is 0. The molecule has 0 spiro atoms. The van der Waals surface area contributed by atoms with E-state index in [0.29, 0.717) is 0 Å². The minimum absolute atomic E-state index is 0.0628. The summed E-state index contributed by atoms with van der Waals surface area (Å²) >= 11 is 12.1. The van der Waals surface area contributed by atoms with Crippen molar-refractivity contribution in [2.24, 2.45) is 0 Å². The molecular weight excluding hydrogens is 437 g/mol. The normalized spacial score (nSPS) is 16.9. The van der Waals surface area contributed by atoms with Gasteiger partial charge in [-0.3, -0.25) is 9.78 Å². The average molecular weight is 458 g/mol. The van der Waals surface area contributed by atoms with Crippen molar-refractivity contribution in [1.29, 1.82) is 0 Å². The van der Waals surface area contributed by atoms with Crippen molar-refractivity contribution >= 4 is 46.0 Å². The van der Waals surface area contributed by atoms with Crippen molar-refractivity contribution in [1.82, 2.24) is 15.6 Å². The molecule has 8 heteroatoms. The summed E-state index contributed by atoms with van der Waals surface area (Å²) in [5, 5.41) is 16.9. The van der Waals surface area contributed by atoms with Crippen LogP contribution in [0.25, 0.3) is 10.9 Å². The average Bonchev–Trinajstić information content (AvgIpc) is 3.27. The number of pyridine rings is 1. The summed E-state index contributed by atoms with van der Waals surface area (Å²) in [6.45, 7) is 1.00. The number of nitrogens with one attached hydrogen (secondary N) is 2. The zero-order valence-corrected chi connectivity index (χ0v) is 18.1. The van der Waals surface area contributed by atoms with Crippen molar-refractivity contribution in [2.45, 2.75) is 31.3 Å². The van der Waals surface area contributed by atoms with E-state index >= 15 is 0 Å². The van der Waals surface area contributed by atoms with Crippen molar-refractivity contribution in [3.8, 4) is 0 Å². The third kappa shape index (κ3) is 4.82. The fraction of sp³-hybridized carbons (Fsp3) is 0.261. The molecule has 2 atom stereocenters. The molecule has 2 unspecified atom stereocenters. The summed E-state index contributed by atoms with van der Waals surface area (Å²) in [6.07, 6.45) is 2.34. The smallest absolute Gasteiger partial charge is 0.326 e. The van der Waals surface area contributed by atoms with Crippen LogP contribution in [-0.4, -0.2) is 34.6 Å². The summed E-state index contributed by atoms with van der Waals surface area (Å²) in [7, 11) is 0. The Hall–Kier alpha value is -2.67. The minimum atomic E-state index is -1.14. The number of benzene rings is 2. The van der Waals surface area contributed by atoms with E-state index in [1.165, 1.54) is 12.1 Å². The van der Waals surface area contributed by atoms with Crippen molar-refractivity contribution < 1.29 is 14.7 Å². The molecule has 0 bridgehead atoms. The van der Waals surface area contributed by atoms with Crippen molar-refractivity contribution in [2.75, 3.05) is 6.54 Å². The van der Waals surface area contributed by atoms with Gasteiger partial charge in [0.05, 0.1) is 26.8 Å². The van der Waals surface area contributed by atoms with E-state index in [0.717, 1.165) is 41.5 Å². The first-order chi connectivity index (χ1) is 14.9. The molecule has 2 heterocycles. The van der Waals surface area contributed by atoms with Gasteiger partial charge in [0.25, 0.3) is 5.91 Å². The number of hydrogen-bond donors (Lipinski definition) is 3. The third-order valence-corrected chi connectivity index (χ3v) is 6.06. The number of carboxylic acids is 1. The van der Waals surface area contributed by atoms with Crippen molar-refractivity contribution in [3.05, 3.63) is 75.4 Å². The minimum Gasteiger partial charge on any atom is -0.480 e. The zero-order chi connectivity index (χ0) is 22.0. The Morgan fingerprint density at radius 3 is 2.61 bits per heavy atom. The van der Waals surface area contributed by atoms with Gasteiger partial charge in [-0.1, -0.05) is 41.4 Å². The predicted molar refractivity (Wildman–Crippen MR) is 121 cm³/mol. The second kappa shape index (κ2) is 9.22. The maximum atomic E-state index is 12.6. The van der Waals surface area contributed by atoms with Gasteiger partial charge in [0.2, 0.25) is 0 Å². The third-order valence-electron chi connectivity index (χ3n) is 5.43. The molecule has 0 aliphatic carbocycles. The molecule has 0 saturated carbocycles.